The van der Waals surface area contributed by atoms with Crippen molar-refractivity contribution in [3.63, 3.8) is 0 Å². The Kier molecular flexibility index (Phi) is 13.3. The fraction of sp³-hybridized carbons (Fsp3) is 0.500. The molecule has 5 aromatic rings. The summed E-state index contributed by atoms with van der Waals surface area (Å²) >= 11 is 1.31. The molecular formula is C52H62N6O10S2. The third-order valence-electron chi connectivity index (χ3n) is 15.5. The second-order valence-electron chi connectivity index (χ2n) is 20.5. The number of carbonyl (C=O) groups excluding carboxylic acids is 1. The van der Waals surface area contributed by atoms with Gasteiger partial charge in [0.05, 0.1) is 47.3 Å². The van der Waals surface area contributed by atoms with Gasteiger partial charge in [0.15, 0.2) is 5.75 Å². The lowest BCUT2D eigenvalue weighted by atomic mass is 9.59. The largest absolute Gasteiger partial charge is 0.491 e. The minimum atomic E-state index is -4.68. The van der Waals surface area contributed by atoms with Crippen molar-refractivity contribution in [2.75, 3.05) is 51.5 Å². The Morgan fingerprint density at radius 2 is 1.80 bits per heavy atom. The minimum absolute atomic E-state index is 0.0707. The number of hydrogen-bond acceptors (Lipinski definition) is 14. The fourth-order valence-electron chi connectivity index (χ4n) is 11.5. The van der Waals surface area contributed by atoms with Gasteiger partial charge in [-0.3, -0.25) is 19.8 Å². The number of hydrogen-bond donors (Lipinski definition) is 3. The summed E-state index contributed by atoms with van der Waals surface area (Å²) in [7, 11) is -3.22. The molecule has 3 N–H and O–H groups in total. The molecule has 1 amide bonds. The van der Waals surface area contributed by atoms with Gasteiger partial charge in [0.1, 0.15) is 28.6 Å². The second-order valence-corrected chi connectivity index (χ2v) is 23.5. The molecule has 16 nitrogen and oxygen atoms in total. The number of amides is 1. The van der Waals surface area contributed by atoms with Crippen LogP contribution in [0.15, 0.2) is 82.7 Å². The van der Waals surface area contributed by atoms with Crippen molar-refractivity contribution in [2.24, 2.45) is 11.3 Å². The molecule has 2 saturated heterocycles. The van der Waals surface area contributed by atoms with Gasteiger partial charge in [-0.2, -0.15) is 4.98 Å². The van der Waals surface area contributed by atoms with Crippen LogP contribution in [0.1, 0.15) is 112 Å². The number of sulfonamides is 1. The molecule has 3 aliphatic heterocycles. The van der Waals surface area contributed by atoms with E-state index in [4.69, 9.17) is 18.9 Å². The lowest BCUT2D eigenvalue weighted by Crippen LogP contribution is -2.58. The zero-order valence-corrected chi connectivity index (χ0v) is 41.8. The number of nitro benzene ring substituents is 1. The Morgan fingerprint density at radius 1 is 1.03 bits per heavy atom. The lowest BCUT2D eigenvalue weighted by molar-refractivity contribution is -0.388. The van der Waals surface area contributed by atoms with Crippen LogP contribution in [-0.4, -0.2) is 103 Å². The normalized spacial score (nSPS) is 23.9. The number of morpholine rings is 1. The van der Waals surface area contributed by atoms with Gasteiger partial charge in [-0.1, -0.05) is 38.1 Å². The number of ether oxygens (including phenoxy) is 4. The van der Waals surface area contributed by atoms with Crippen LogP contribution in [0.25, 0.3) is 11.0 Å². The molecule has 2 saturated carbocycles. The summed E-state index contributed by atoms with van der Waals surface area (Å²) in [4.78, 5) is 38.4. The summed E-state index contributed by atoms with van der Waals surface area (Å²) in [6, 6.07) is 20.4. The number of piperidine rings is 1. The van der Waals surface area contributed by atoms with E-state index in [1.54, 1.807) is 30.5 Å². The van der Waals surface area contributed by atoms with Gasteiger partial charge < -0.3 is 33.9 Å². The van der Waals surface area contributed by atoms with E-state index >= 15 is 0 Å². The van der Waals surface area contributed by atoms with Crippen LogP contribution in [-0.2, 0) is 14.8 Å². The van der Waals surface area contributed by atoms with Gasteiger partial charge in [0, 0.05) is 66.4 Å². The number of aromatic amines is 1. The number of rotatable bonds is 13. The number of H-pyrrole nitrogens is 1. The maximum Gasteiger partial charge on any atom is 0.288 e. The van der Waals surface area contributed by atoms with E-state index in [9.17, 15) is 28.4 Å². The molecule has 0 unspecified atom stereocenters. The van der Waals surface area contributed by atoms with Crippen LogP contribution in [0, 0.1) is 21.4 Å². The number of carbonyl (C=O) groups is 1. The highest BCUT2D eigenvalue weighted by Crippen LogP contribution is 2.54. The van der Waals surface area contributed by atoms with Crippen LogP contribution >= 0.6 is 11.8 Å². The average molecular weight is 995 g/mol. The van der Waals surface area contributed by atoms with Crippen LogP contribution in [0.2, 0.25) is 0 Å². The SMILES string of the molecule is COc1nc2[nH]ccc2cc1Oc1cc(N2CCC3(CC2)CC(N2CCOC[C@@H]2c2ccccc2C(C)C)C3)ccc1C(=O)NS(=O)(=O)c1cc2c(c([N+](=O)[O-])c1)S[C@@H](CC1CCC(C)(O)CC1)CO2. The predicted molar refractivity (Wildman–Crippen MR) is 267 cm³/mol. The molecule has 5 heterocycles. The van der Waals surface area contributed by atoms with E-state index < -0.39 is 37.0 Å². The Balaban J connectivity index is 0.866. The summed E-state index contributed by atoms with van der Waals surface area (Å²) in [5.41, 5.74) is 3.19. The molecular weight excluding hydrogens is 933 g/mol. The molecule has 372 valence electrons. The first kappa shape index (κ1) is 48.2. The van der Waals surface area contributed by atoms with E-state index in [-0.39, 0.29) is 56.9 Å². The molecule has 2 atom stereocenters. The number of thioether (sulfide) groups is 1. The highest BCUT2D eigenvalue weighted by molar-refractivity contribution is 8.00. The highest BCUT2D eigenvalue weighted by atomic mass is 32.2. The first-order valence-corrected chi connectivity index (χ1v) is 26.9. The smallest absolute Gasteiger partial charge is 0.288 e. The molecule has 2 aromatic heterocycles. The van der Waals surface area contributed by atoms with Crippen molar-refractivity contribution in [1.82, 2.24) is 19.6 Å². The number of methoxy groups -OCH3 is 1. The van der Waals surface area contributed by atoms with Crippen LogP contribution in [0.5, 0.6) is 23.1 Å². The number of fused-ring (bicyclic) bond motifs is 2. The zero-order chi connectivity index (χ0) is 49.0. The van der Waals surface area contributed by atoms with E-state index in [1.807, 2.05) is 13.0 Å². The number of nitrogens with zero attached hydrogens (tertiary/aromatic N) is 4. The number of pyridine rings is 1. The van der Waals surface area contributed by atoms with Crippen molar-refractivity contribution in [3.8, 4) is 23.1 Å². The molecule has 18 heteroatoms. The molecule has 2 aliphatic carbocycles. The average Bonchev–Trinajstić information content (AvgIpc) is 3.80. The van der Waals surface area contributed by atoms with Crippen molar-refractivity contribution in [1.29, 1.82) is 0 Å². The van der Waals surface area contributed by atoms with Crippen molar-refractivity contribution in [2.45, 2.75) is 117 Å². The van der Waals surface area contributed by atoms with Gasteiger partial charge in [0.2, 0.25) is 0 Å². The van der Waals surface area contributed by atoms with Crippen molar-refractivity contribution in [3.05, 3.63) is 99.7 Å². The molecule has 5 aliphatic rings. The summed E-state index contributed by atoms with van der Waals surface area (Å²) < 4.78 is 54.5. The Hall–Kier alpha value is -5.40. The number of anilines is 1. The molecule has 70 heavy (non-hydrogen) atoms. The van der Waals surface area contributed by atoms with Gasteiger partial charge in [-0.05, 0) is 117 Å². The standard InChI is InChI=1S/C52H62N6O10S2/c1-32(2)39-7-5-6-8-40(39)43-31-66-22-21-57(43)36-28-52(29-36)16-19-56(20-17-52)35-9-10-41(44(25-35)68-46-24-34-13-18-53-48(34)54-50(46)65-4)49(59)55-70(63,64)38-26-42(58(61)62)47-45(27-38)67-30-37(69-47)23-33-11-14-51(3,60)15-12-33/h5-10,13,18,24-27,32-33,36-37,43,60H,11-12,14-17,19-23,28-31H2,1-4H3,(H,53,54)(H,55,59)/t33?,37-,43+,51?/m0/s1. The lowest BCUT2D eigenvalue weighted by Gasteiger charge is -2.57. The second kappa shape index (κ2) is 19.3. The summed E-state index contributed by atoms with van der Waals surface area (Å²) in [6.45, 7) is 10.5. The number of benzene rings is 3. The summed E-state index contributed by atoms with van der Waals surface area (Å²) in [6.07, 6.45) is 9.83. The molecule has 0 bridgehead atoms. The topological polar surface area (TPSA) is 199 Å². The van der Waals surface area contributed by atoms with Crippen molar-refractivity contribution >= 4 is 50.1 Å². The number of nitro groups is 1. The van der Waals surface area contributed by atoms with Crippen LogP contribution in [0.3, 0.4) is 0 Å². The fourth-order valence-corrected chi connectivity index (χ4v) is 13.8. The molecule has 0 radical (unpaired) electrons. The Labute approximate surface area is 413 Å². The zero-order valence-electron chi connectivity index (χ0n) is 40.1. The van der Waals surface area contributed by atoms with Crippen LogP contribution in [0.4, 0.5) is 11.4 Å². The molecule has 1 spiro atoms. The number of aliphatic hydroxyl groups is 1. The monoisotopic (exact) mass is 994 g/mol. The Morgan fingerprint density at radius 3 is 2.54 bits per heavy atom. The van der Waals surface area contributed by atoms with E-state index in [0.717, 1.165) is 88.3 Å². The minimum Gasteiger partial charge on any atom is -0.491 e. The Bertz CT molecular complexity index is 2880. The van der Waals surface area contributed by atoms with Gasteiger partial charge >= 0.3 is 0 Å². The summed E-state index contributed by atoms with van der Waals surface area (Å²) in [5, 5.41) is 23.5. The molecule has 10 rings (SSSR count). The maximum absolute atomic E-state index is 14.3. The van der Waals surface area contributed by atoms with E-state index in [0.29, 0.717) is 43.0 Å². The van der Waals surface area contributed by atoms with E-state index in [2.05, 4.69) is 62.6 Å². The third-order valence-corrected chi connectivity index (χ3v) is 18.1. The third kappa shape index (κ3) is 9.81. The predicted octanol–water partition coefficient (Wildman–Crippen LogP) is 9.52. The quantitative estimate of drug-likeness (QED) is 0.0744. The first-order valence-electron chi connectivity index (χ1n) is 24.5. The number of aromatic nitrogens is 2. The van der Waals surface area contributed by atoms with Crippen LogP contribution < -0.4 is 23.8 Å². The summed E-state index contributed by atoms with van der Waals surface area (Å²) in [5.74, 6) is 0.294. The molecule has 3 aromatic carbocycles. The number of nitrogens with one attached hydrogen (secondary N) is 2. The first-order chi connectivity index (χ1) is 33.6. The highest BCUT2D eigenvalue weighted by Gasteiger charge is 2.50. The van der Waals surface area contributed by atoms with E-state index in [1.165, 1.54) is 36.1 Å². The van der Waals surface area contributed by atoms with Gasteiger partial charge in [-0.25, -0.2) is 13.1 Å². The van der Waals surface area contributed by atoms with Gasteiger partial charge in [0.25, 0.3) is 27.5 Å². The molecule has 4 fully saturated rings. The maximum atomic E-state index is 14.3. The van der Waals surface area contributed by atoms with Gasteiger partial charge in [-0.15, -0.1) is 11.8 Å². The van der Waals surface area contributed by atoms with Crippen molar-refractivity contribution < 1.29 is 42.2 Å².